The summed E-state index contributed by atoms with van der Waals surface area (Å²) >= 11 is 0. The van der Waals surface area contributed by atoms with E-state index in [4.69, 9.17) is 25.1 Å². The molecule has 1 unspecified atom stereocenters. The summed E-state index contributed by atoms with van der Waals surface area (Å²) in [6.45, 7) is 3.48. The fraction of sp³-hybridized carbons (Fsp3) is 0.656. The Morgan fingerprint density at radius 3 is 2.17 bits per heavy atom. The van der Waals surface area contributed by atoms with Gasteiger partial charge in [-0.05, 0) is 38.8 Å². The molecule has 1 aromatic heterocycles. The third-order valence-electron chi connectivity index (χ3n) is 9.40. The van der Waals surface area contributed by atoms with Crippen LogP contribution in [0.5, 0.6) is 5.75 Å². The van der Waals surface area contributed by atoms with Crippen molar-refractivity contribution in [3.8, 4) is 5.75 Å². The lowest BCUT2D eigenvalue weighted by Gasteiger charge is -2.44. The van der Waals surface area contributed by atoms with E-state index in [1.807, 2.05) is 0 Å². The number of halogens is 2. The van der Waals surface area contributed by atoms with E-state index >= 15 is 0 Å². The molecular weight excluding hydrogens is 604 g/mol. The zero-order valence-corrected chi connectivity index (χ0v) is 27.0. The van der Waals surface area contributed by atoms with Gasteiger partial charge in [0, 0.05) is 44.7 Å². The van der Waals surface area contributed by atoms with E-state index in [1.54, 1.807) is 30.8 Å². The van der Waals surface area contributed by atoms with Crippen molar-refractivity contribution in [1.82, 2.24) is 19.7 Å². The van der Waals surface area contributed by atoms with Gasteiger partial charge >= 0.3 is 0 Å². The number of nitrogens with two attached hydrogens (primary N) is 1. The molecule has 2 heterocycles. The predicted octanol–water partition coefficient (Wildman–Crippen LogP) is 1.81. The van der Waals surface area contributed by atoms with E-state index in [9.17, 15) is 23.2 Å². The highest BCUT2D eigenvalue weighted by atomic mass is 19.2. The summed E-state index contributed by atoms with van der Waals surface area (Å²) < 4.78 is 46.7. The van der Waals surface area contributed by atoms with Gasteiger partial charge in [-0.3, -0.25) is 14.4 Å². The maximum atomic E-state index is 14.3. The molecule has 0 spiro atoms. The number of benzene rings is 1. The van der Waals surface area contributed by atoms with Gasteiger partial charge in [0.25, 0.3) is 5.91 Å². The van der Waals surface area contributed by atoms with Gasteiger partial charge in [-0.15, -0.1) is 0 Å². The quantitative estimate of drug-likeness (QED) is 0.247. The first-order chi connectivity index (χ1) is 22.0. The highest BCUT2D eigenvalue weighted by Gasteiger charge is 2.49. The number of nitrogens with one attached hydrogen (secondary N) is 1. The van der Waals surface area contributed by atoms with Crippen LogP contribution in [0.15, 0.2) is 12.1 Å². The van der Waals surface area contributed by atoms with Gasteiger partial charge in [-0.2, -0.15) is 0 Å². The van der Waals surface area contributed by atoms with E-state index in [0.717, 1.165) is 44.2 Å². The first kappa shape index (κ1) is 35.5. The van der Waals surface area contributed by atoms with Crippen molar-refractivity contribution in [2.24, 2.45) is 24.6 Å². The van der Waals surface area contributed by atoms with Gasteiger partial charge in [-0.25, -0.2) is 8.78 Å². The molecule has 2 atom stereocenters. The summed E-state index contributed by atoms with van der Waals surface area (Å²) in [5, 5.41) is 12.1. The Bertz CT molecular complexity index is 1370. The van der Waals surface area contributed by atoms with Crippen LogP contribution in [0.3, 0.4) is 0 Å². The largest absolute Gasteiger partial charge is 0.488 e. The van der Waals surface area contributed by atoms with Crippen molar-refractivity contribution in [2.75, 3.05) is 72.9 Å². The fourth-order valence-corrected chi connectivity index (χ4v) is 6.67. The first-order valence-corrected chi connectivity index (χ1v) is 16.0. The van der Waals surface area contributed by atoms with Crippen molar-refractivity contribution in [3.05, 3.63) is 29.5 Å². The van der Waals surface area contributed by atoms with E-state index in [1.165, 1.54) is 4.57 Å². The van der Waals surface area contributed by atoms with Crippen LogP contribution >= 0.6 is 0 Å². The van der Waals surface area contributed by atoms with Crippen molar-refractivity contribution < 1.29 is 42.5 Å². The van der Waals surface area contributed by atoms with Crippen LogP contribution in [0.2, 0.25) is 0 Å². The number of carbonyl (C=O) groups is 3. The normalized spacial score (nSPS) is 18.0. The second-order valence-electron chi connectivity index (χ2n) is 12.1. The van der Waals surface area contributed by atoms with E-state index in [-0.39, 0.29) is 100.0 Å². The first-order valence-electron chi connectivity index (χ1n) is 16.0. The van der Waals surface area contributed by atoms with Crippen LogP contribution in [0.1, 0.15) is 49.5 Å². The number of primary amides is 1. The lowest BCUT2D eigenvalue weighted by atomic mass is 9.69. The minimum atomic E-state index is -1.22. The molecular formula is C32H47F2N5O7. The zero-order chi connectivity index (χ0) is 33.4. The number of rotatable bonds is 15. The number of aliphatic hydroxyl groups is 1. The number of hydrogen-bond acceptors (Lipinski definition) is 8. The molecule has 0 bridgehead atoms. The fourth-order valence-electron chi connectivity index (χ4n) is 6.67. The molecule has 12 nitrogen and oxygen atoms in total. The molecule has 1 saturated carbocycles. The highest BCUT2D eigenvalue weighted by molar-refractivity contribution is 6.04. The number of piperazine rings is 1. The lowest BCUT2D eigenvalue weighted by Crippen LogP contribution is -2.64. The number of aromatic nitrogens is 1. The van der Waals surface area contributed by atoms with Crippen LogP contribution in [-0.2, 0) is 26.1 Å². The molecule has 14 heteroatoms. The lowest BCUT2D eigenvalue weighted by molar-refractivity contribution is -0.147. The third kappa shape index (κ3) is 7.62. The average molecular weight is 652 g/mol. The van der Waals surface area contributed by atoms with Crippen LogP contribution in [0.4, 0.5) is 8.78 Å². The molecule has 2 fully saturated rings. The van der Waals surface area contributed by atoms with Crippen LogP contribution < -0.4 is 15.8 Å². The zero-order valence-electron chi connectivity index (χ0n) is 27.0. The average Bonchev–Trinajstić information content (AvgIpc) is 3.32. The standard InChI is InChI=1S/C32H47F2N5O7/c1-32(36-2,31(35)43)26(21-7-5-4-6-8-21)29(41)38-9-11-39(12-10-38)30(42)27-28(46-18-17-45-16-15-44-14-13-40)22-19-23(33)24(34)20-25(22)37(27)3/h19-21,26,36,40H,4-18H2,1-3H3,(H2,35,43)/t26-,32?/m1/s1. The number of aryl methyl sites for hydroxylation is 1. The van der Waals surface area contributed by atoms with E-state index < -0.39 is 34.9 Å². The Morgan fingerprint density at radius 1 is 0.978 bits per heavy atom. The van der Waals surface area contributed by atoms with Crippen molar-refractivity contribution in [1.29, 1.82) is 0 Å². The number of aliphatic hydroxyl groups excluding tert-OH is 1. The summed E-state index contributed by atoms with van der Waals surface area (Å²) in [6.07, 6.45) is 4.75. The summed E-state index contributed by atoms with van der Waals surface area (Å²) in [6, 6.07) is 2.04. The number of nitrogens with zero attached hydrogens (tertiary/aromatic N) is 3. The Balaban J connectivity index is 1.50. The van der Waals surface area contributed by atoms with Crippen LogP contribution in [0, 0.1) is 23.5 Å². The predicted molar refractivity (Wildman–Crippen MR) is 166 cm³/mol. The summed E-state index contributed by atoms with van der Waals surface area (Å²) in [4.78, 5) is 43.9. The molecule has 1 aliphatic heterocycles. The molecule has 2 aliphatic rings. The maximum Gasteiger partial charge on any atom is 0.274 e. The minimum Gasteiger partial charge on any atom is -0.488 e. The number of fused-ring (bicyclic) bond motifs is 1. The molecule has 256 valence electrons. The number of amides is 3. The Hall–Kier alpha value is -3.33. The van der Waals surface area contributed by atoms with Crippen molar-refractivity contribution >= 4 is 28.6 Å². The number of ether oxygens (including phenoxy) is 3. The van der Waals surface area contributed by atoms with Gasteiger partial charge in [-0.1, -0.05) is 19.3 Å². The van der Waals surface area contributed by atoms with Gasteiger partial charge in [0.2, 0.25) is 11.8 Å². The molecule has 4 N–H and O–H groups in total. The SMILES string of the molecule is CNC(C)(C(N)=O)[C@@H](C(=O)N1CCN(C(=O)c2c(OCCOCCOCCO)c3cc(F)c(F)cc3n2C)CC1)C1CCCCC1. The maximum absolute atomic E-state index is 14.3. The Kier molecular flexibility index (Phi) is 12.3. The smallest absolute Gasteiger partial charge is 0.274 e. The third-order valence-corrected chi connectivity index (χ3v) is 9.40. The Morgan fingerprint density at radius 2 is 1.57 bits per heavy atom. The number of carbonyl (C=O) groups excluding carboxylic acids is 3. The van der Waals surface area contributed by atoms with E-state index in [0.29, 0.717) is 0 Å². The van der Waals surface area contributed by atoms with E-state index in [2.05, 4.69) is 5.32 Å². The van der Waals surface area contributed by atoms with Crippen molar-refractivity contribution in [2.45, 2.75) is 44.6 Å². The monoisotopic (exact) mass is 651 g/mol. The van der Waals surface area contributed by atoms with Gasteiger partial charge in [0.15, 0.2) is 23.1 Å². The summed E-state index contributed by atoms with van der Waals surface area (Å²) in [7, 11) is 3.23. The van der Waals surface area contributed by atoms with Gasteiger partial charge in [0.05, 0.1) is 44.5 Å². The Labute approximate surface area is 268 Å². The molecule has 4 rings (SSSR count). The highest BCUT2D eigenvalue weighted by Crippen LogP contribution is 2.38. The van der Waals surface area contributed by atoms with Crippen molar-refractivity contribution in [3.63, 3.8) is 0 Å². The number of likely N-dealkylation sites (N-methyl/N-ethyl adjacent to an activating group) is 1. The molecule has 3 amide bonds. The number of hydrogen-bond donors (Lipinski definition) is 3. The summed E-state index contributed by atoms with van der Waals surface area (Å²) in [5.74, 6) is -3.76. The molecule has 1 aromatic carbocycles. The minimum absolute atomic E-state index is 0.0132. The van der Waals surface area contributed by atoms with Gasteiger partial charge in [0.1, 0.15) is 12.1 Å². The second-order valence-corrected chi connectivity index (χ2v) is 12.1. The molecule has 2 aromatic rings. The molecule has 1 aliphatic carbocycles. The van der Waals surface area contributed by atoms with Crippen LogP contribution in [0.25, 0.3) is 10.9 Å². The molecule has 46 heavy (non-hydrogen) atoms. The summed E-state index contributed by atoms with van der Waals surface area (Å²) in [5.41, 5.74) is 5.03. The topological polar surface area (TPSA) is 149 Å². The van der Waals surface area contributed by atoms with Gasteiger partial charge < -0.3 is 44.7 Å². The molecule has 0 radical (unpaired) electrons. The van der Waals surface area contributed by atoms with Crippen LogP contribution in [-0.4, -0.2) is 116 Å². The second kappa shape index (κ2) is 16.0. The molecule has 1 saturated heterocycles.